The van der Waals surface area contributed by atoms with Gasteiger partial charge in [-0.2, -0.15) is 0 Å². The topological polar surface area (TPSA) is 341 Å². The number of imidazole rings is 1. The molecule has 0 bridgehead atoms. The molecule has 6 atom stereocenters. The molecular formula is C29H47N11O9. The molecule has 1 aromatic rings. The van der Waals surface area contributed by atoms with Crippen molar-refractivity contribution >= 4 is 47.3 Å². The molecule has 20 heteroatoms. The molecule has 49 heavy (non-hydrogen) atoms. The van der Waals surface area contributed by atoms with Gasteiger partial charge < -0.3 is 59.2 Å². The van der Waals surface area contributed by atoms with E-state index >= 15 is 0 Å². The summed E-state index contributed by atoms with van der Waals surface area (Å²) in [6.45, 7) is 1.90. The fraction of sp³-hybridized carbons (Fsp3) is 0.621. The summed E-state index contributed by atoms with van der Waals surface area (Å²) < 4.78 is 0. The zero-order chi connectivity index (χ0) is 36.7. The number of carbonyl (C=O) groups excluding carboxylic acids is 7. The fourth-order valence-electron chi connectivity index (χ4n) is 5.17. The number of unbranched alkanes of at least 4 members (excludes halogenated alkanes) is 1. The van der Waals surface area contributed by atoms with Gasteiger partial charge in [-0.3, -0.25) is 33.6 Å². The van der Waals surface area contributed by atoms with Crippen molar-refractivity contribution in [3.05, 3.63) is 18.2 Å². The van der Waals surface area contributed by atoms with Crippen LogP contribution < -0.4 is 44.2 Å². The molecule has 1 fully saturated rings. The quantitative estimate of drug-likeness (QED) is 0.0546. The normalized spacial score (nSPS) is 17.1. The van der Waals surface area contributed by atoms with Crippen LogP contribution in [0.4, 0.5) is 0 Å². The Labute approximate surface area is 282 Å². The smallest absolute Gasteiger partial charge is 0.326 e. The van der Waals surface area contributed by atoms with Gasteiger partial charge in [-0.1, -0.05) is 0 Å². The molecular weight excluding hydrogens is 646 g/mol. The second kappa shape index (κ2) is 19.6. The molecule has 0 aromatic carbocycles. The Kier molecular flexibility index (Phi) is 16.1. The monoisotopic (exact) mass is 693 g/mol. The van der Waals surface area contributed by atoms with Crippen molar-refractivity contribution in [2.45, 2.75) is 101 Å². The summed E-state index contributed by atoms with van der Waals surface area (Å²) in [7, 11) is 0. The maximum atomic E-state index is 13.5. The first-order valence-electron chi connectivity index (χ1n) is 15.9. The van der Waals surface area contributed by atoms with Gasteiger partial charge in [0, 0.05) is 31.3 Å². The standard InChI is InChI=1S/C29H47N11O9/c1-15(36-27(46)21-6-4-10-40(21)28(47)17(31)12-23(33)42)24(43)39-20(11-16-13-34-14-35-16)26(45)37-18(7-8-22(32)41)25(44)38-19(29(48)49)5-2-3-9-30/h13-15,17-21H,2-12,30-31H2,1H3,(H2,32,41)(H2,33,42)(H,34,35)(H,36,46)(H,37,45)(H,38,44)(H,39,43)(H,48,49)/t15-,17-,18-,19-,20-,21-/m0/s1. The molecule has 0 unspecified atom stereocenters. The summed E-state index contributed by atoms with van der Waals surface area (Å²) in [6, 6.07) is -7.43. The summed E-state index contributed by atoms with van der Waals surface area (Å²) in [5.74, 6) is -6.67. The summed E-state index contributed by atoms with van der Waals surface area (Å²) in [6.07, 6.45) is 3.40. The second-order valence-electron chi connectivity index (χ2n) is 11.8. The molecule has 0 saturated carbocycles. The molecule has 7 amide bonds. The van der Waals surface area contributed by atoms with Gasteiger partial charge in [0.25, 0.3) is 0 Å². The van der Waals surface area contributed by atoms with Crippen LogP contribution in [-0.2, 0) is 44.8 Å². The largest absolute Gasteiger partial charge is 0.480 e. The predicted octanol–water partition coefficient (Wildman–Crippen LogP) is -4.42. The Morgan fingerprint density at radius 1 is 0.939 bits per heavy atom. The van der Waals surface area contributed by atoms with E-state index in [1.54, 1.807) is 0 Å². The number of amides is 7. The molecule has 0 spiro atoms. The van der Waals surface area contributed by atoms with Crippen LogP contribution >= 0.6 is 0 Å². The lowest BCUT2D eigenvalue weighted by molar-refractivity contribution is -0.142. The van der Waals surface area contributed by atoms with E-state index in [1.165, 1.54) is 24.3 Å². The fourth-order valence-corrected chi connectivity index (χ4v) is 5.17. The predicted molar refractivity (Wildman–Crippen MR) is 171 cm³/mol. The summed E-state index contributed by atoms with van der Waals surface area (Å²) in [4.78, 5) is 108. The number of nitrogens with zero attached hydrogens (tertiary/aromatic N) is 2. The molecule has 0 radical (unpaired) electrons. The summed E-state index contributed by atoms with van der Waals surface area (Å²) in [5.41, 5.74) is 22.1. The molecule has 1 aliphatic heterocycles. The number of nitrogens with one attached hydrogen (secondary N) is 5. The van der Waals surface area contributed by atoms with E-state index < -0.39 is 90.0 Å². The zero-order valence-corrected chi connectivity index (χ0v) is 27.3. The second-order valence-corrected chi connectivity index (χ2v) is 11.8. The van der Waals surface area contributed by atoms with Crippen LogP contribution in [0.1, 0.15) is 64.0 Å². The first-order chi connectivity index (χ1) is 23.1. The van der Waals surface area contributed by atoms with E-state index in [1.807, 2.05) is 0 Å². The van der Waals surface area contributed by atoms with Crippen LogP contribution in [-0.4, -0.2) is 117 Å². The number of primary amides is 2. The molecule has 1 aromatic heterocycles. The number of carboxylic acid groups (broad SMARTS) is 1. The number of carbonyl (C=O) groups is 8. The highest BCUT2D eigenvalue weighted by molar-refractivity contribution is 5.97. The lowest BCUT2D eigenvalue weighted by Crippen LogP contribution is -2.59. The van der Waals surface area contributed by atoms with Crippen LogP contribution in [0.25, 0.3) is 0 Å². The van der Waals surface area contributed by atoms with Gasteiger partial charge in [0.05, 0.1) is 18.8 Å². The van der Waals surface area contributed by atoms with Gasteiger partial charge in [-0.25, -0.2) is 9.78 Å². The van der Waals surface area contributed by atoms with E-state index in [4.69, 9.17) is 22.9 Å². The lowest BCUT2D eigenvalue weighted by atomic mass is 10.1. The highest BCUT2D eigenvalue weighted by Gasteiger charge is 2.38. The number of rotatable bonds is 21. The van der Waals surface area contributed by atoms with Crippen molar-refractivity contribution in [3.8, 4) is 0 Å². The number of hydrogen-bond acceptors (Lipinski definition) is 11. The first kappa shape index (κ1) is 40.1. The number of carboxylic acids is 1. The number of H-pyrrole nitrogens is 1. The van der Waals surface area contributed by atoms with Crippen molar-refractivity contribution in [1.82, 2.24) is 36.1 Å². The minimum absolute atomic E-state index is 0.0732. The van der Waals surface area contributed by atoms with Crippen molar-refractivity contribution in [2.24, 2.45) is 22.9 Å². The average Bonchev–Trinajstić information content (AvgIpc) is 3.74. The van der Waals surface area contributed by atoms with Gasteiger partial charge in [0.1, 0.15) is 30.2 Å². The van der Waals surface area contributed by atoms with Gasteiger partial charge in [0.15, 0.2) is 0 Å². The lowest BCUT2D eigenvalue weighted by Gasteiger charge is -2.28. The molecule has 1 aliphatic rings. The third-order valence-corrected chi connectivity index (χ3v) is 7.81. The van der Waals surface area contributed by atoms with Gasteiger partial charge in [0.2, 0.25) is 41.4 Å². The van der Waals surface area contributed by atoms with Crippen molar-refractivity contribution in [1.29, 1.82) is 0 Å². The number of aromatic nitrogens is 2. The molecule has 1 saturated heterocycles. The number of hydrogen-bond donors (Lipinski definition) is 10. The van der Waals surface area contributed by atoms with E-state index in [-0.39, 0.29) is 38.6 Å². The Balaban J connectivity index is 2.17. The van der Waals surface area contributed by atoms with Crippen LogP contribution in [0, 0.1) is 0 Å². The van der Waals surface area contributed by atoms with Crippen LogP contribution in [0.15, 0.2) is 12.5 Å². The van der Waals surface area contributed by atoms with E-state index in [2.05, 4.69) is 31.2 Å². The number of nitrogens with two attached hydrogens (primary N) is 4. The molecule has 2 heterocycles. The average molecular weight is 694 g/mol. The molecule has 20 nitrogen and oxygen atoms in total. The minimum Gasteiger partial charge on any atom is -0.480 e. The molecule has 0 aliphatic carbocycles. The van der Waals surface area contributed by atoms with E-state index in [9.17, 15) is 43.5 Å². The summed E-state index contributed by atoms with van der Waals surface area (Å²) >= 11 is 0. The number of aromatic amines is 1. The molecule has 14 N–H and O–H groups in total. The van der Waals surface area contributed by atoms with Gasteiger partial charge >= 0.3 is 5.97 Å². The highest BCUT2D eigenvalue weighted by atomic mass is 16.4. The Bertz CT molecular complexity index is 1340. The molecule has 272 valence electrons. The Hall–Kier alpha value is -5.11. The minimum atomic E-state index is -1.40. The van der Waals surface area contributed by atoms with E-state index in [0.717, 1.165) is 0 Å². The van der Waals surface area contributed by atoms with Crippen LogP contribution in [0.2, 0.25) is 0 Å². The SMILES string of the molecule is C[C@H](NC(=O)[C@@H]1CCCN1C(=O)[C@@H](N)CC(N)=O)C(=O)N[C@@H](Cc1cnc[nH]1)C(=O)N[C@@H](CCC(N)=O)C(=O)N[C@@H](CCCCN)C(=O)O. The van der Waals surface area contributed by atoms with Gasteiger partial charge in [-0.15, -0.1) is 0 Å². The van der Waals surface area contributed by atoms with Crippen LogP contribution in [0.5, 0.6) is 0 Å². The Morgan fingerprint density at radius 2 is 1.59 bits per heavy atom. The third-order valence-electron chi connectivity index (χ3n) is 7.81. The third kappa shape index (κ3) is 13.1. The number of aliphatic carboxylic acids is 1. The van der Waals surface area contributed by atoms with Crippen molar-refractivity contribution in [3.63, 3.8) is 0 Å². The summed E-state index contributed by atoms with van der Waals surface area (Å²) in [5, 5.41) is 19.5. The maximum Gasteiger partial charge on any atom is 0.326 e. The number of likely N-dealkylation sites (tertiary alicyclic amines) is 1. The molecule has 2 rings (SSSR count). The van der Waals surface area contributed by atoms with Gasteiger partial charge in [-0.05, 0) is 52.0 Å². The van der Waals surface area contributed by atoms with Crippen molar-refractivity contribution < 1.29 is 43.5 Å². The highest BCUT2D eigenvalue weighted by Crippen LogP contribution is 2.19. The van der Waals surface area contributed by atoms with Crippen LogP contribution in [0.3, 0.4) is 0 Å². The van der Waals surface area contributed by atoms with Crippen molar-refractivity contribution in [2.75, 3.05) is 13.1 Å². The first-order valence-corrected chi connectivity index (χ1v) is 15.9. The maximum absolute atomic E-state index is 13.5. The van der Waals surface area contributed by atoms with E-state index in [0.29, 0.717) is 31.5 Å². The Morgan fingerprint density at radius 3 is 2.18 bits per heavy atom. The zero-order valence-electron chi connectivity index (χ0n) is 27.3.